The summed E-state index contributed by atoms with van der Waals surface area (Å²) in [6.07, 6.45) is 11.9. The number of imide groups is 1. The molecule has 0 spiro atoms. The van der Waals surface area contributed by atoms with Crippen LogP contribution in [0.4, 0.5) is 0 Å². The lowest BCUT2D eigenvalue weighted by molar-refractivity contribution is -0.135. The van der Waals surface area contributed by atoms with E-state index in [1.54, 1.807) is 11.6 Å². The second-order valence-electron chi connectivity index (χ2n) is 14.1. The first-order valence-corrected chi connectivity index (χ1v) is 19.1. The number of nitrogens with two attached hydrogens (primary N) is 2. The number of amides is 3. The van der Waals surface area contributed by atoms with E-state index in [1.165, 1.54) is 35.8 Å². The zero-order chi connectivity index (χ0) is 37.3. The van der Waals surface area contributed by atoms with Gasteiger partial charge in [-0.1, -0.05) is 56.0 Å². The van der Waals surface area contributed by atoms with E-state index in [0.29, 0.717) is 31.6 Å². The maximum atomic E-state index is 13.0. The Hall–Kier alpha value is -3.55. The number of halogens is 1. The fraction of sp³-hybridized carbons (Fsp3) is 0.600. The number of imidazole rings is 1. The molecule has 1 fully saturated rings. The third kappa shape index (κ3) is 14.3. The van der Waals surface area contributed by atoms with Crippen molar-refractivity contribution >= 4 is 41.2 Å². The van der Waals surface area contributed by atoms with Gasteiger partial charge >= 0.3 is 5.69 Å². The van der Waals surface area contributed by atoms with Gasteiger partial charge < -0.3 is 25.7 Å². The highest BCUT2D eigenvalue weighted by molar-refractivity contribution is 6.00. The van der Waals surface area contributed by atoms with Crippen LogP contribution in [0.3, 0.4) is 0 Å². The van der Waals surface area contributed by atoms with Gasteiger partial charge in [0.25, 0.3) is 0 Å². The topological polar surface area (TPSA) is 170 Å². The van der Waals surface area contributed by atoms with Crippen molar-refractivity contribution in [3.63, 3.8) is 0 Å². The summed E-state index contributed by atoms with van der Waals surface area (Å²) in [7, 11) is 1.72. The maximum Gasteiger partial charge on any atom is 0.329 e. The number of nitrogens with zero attached hydrogens (tertiary/aromatic N) is 2. The lowest BCUT2D eigenvalue weighted by Gasteiger charge is -2.21. The van der Waals surface area contributed by atoms with Crippen LogP contribution in [0.15, 0.2) is 47.3 Å². The second kappa shape index (κ2) is 23.3. The molecule has 294 valence electrons. The number of unbranched alkanes of at least 4 members (excludes halogenated alkanes) is 5. The van der Waals surface area contributed by atoms with Crippen molar-refractivity contribution < 1.29 is 28.6 Å². The van der Waals surface area contributed by atoms with Gasteiger partial charge in [-0.3, -0.25) is 28.8 Å². The number of piperidine rings is 1. The highest BCUT2D eigenvalue weighted by Gasteiger charge is 2.31. The molecule has 1 saturated heterocycles. The second-order valence-corrected chi connectivity index (χ2v) is 14.1. The number of aromatic nitrogens is 2. The van der Waals surface area contributed by atoms with Crippen LogP contribution in [0.2, 0.25) is 0 Å². The molecule has 53 heavy (non-hydrogen) atoms. The SMILES string of the molecule is C[C@@H](OCc1ccc(CCCOCCCCCCCCOCCCc2ccc3c(c2)n(C)c(=O)n3C2CCC(=O)NC2=O)cc1)[C@@H](N)CCC(N)=O.Cl. The van der Waals surface area contributed by atoms with Crippen molar-refractivity contribution in [2.45, 2.75) is 122 Å². The summed E-state index contributed by atoms with van der Waals surface area (Å²) < 4.78 is 20.7. The van der Waals surface area contributed by atoms with Crippen molar-refractivity contribution in [3.8, 4) is 0 Å². The van der Waals surface area contributed by atoms with Gasteiger partial charge in [0.1, 0.15) is 6.04 Å². The summed E-state index contributed by atoms with van der Waals surface area (Å²) in [5.74, 6) is -1.05. The highest BCUT2D eigenvalue weighted by atomic mass is 35.5. The molecule has 1 aliphatic rings. The van der Waals surface area contributed by atoms with Crippen LogP contribution in [0, 0.1) is 0 Å². The molecule has 0 bridgehead atoms. The summed E-state index contributed by atoms with van der Waals surface area (Å²) in [6, 6.07) is 13.5. The van der Waals surface area contributed by atoms with Crippen LogP contribution in [-0.4, -0.2) is 65.4 Å². The first kappa shape index (κ1) is 43.9. The van der Waals surface area contributed by atoms with E-state index in [2.05, 4.69) is 29.6 Å². The molecule has 12 nitrogen and oxygen atoms in total. The molecular weight excluding hydrogens is 698 g/mol. The summed E-state index contributed by atoms with van der Waals surface area (Å²) in [5.41, 5.74) is 16.0. The minimum atomic E-state index is -0.669. The van der Waals surface area contributed by atoms with E-state index in [9.17, 15) is 19.2 Å². The van der Waals surface area contributed by atoms with Gasteiger partial charge in [-0.05, 0) is 87.1 Å². The van der Waals surface area contributed by atoms with E-state index < -0.39 is 11.9 Å². The van der Waals surface area contributed by atoms with E-state index in [0.717, 1.165) is 75.0 Å². The fourth-order valence-electron chi connectivity index (χ4n) is 6.57. The molecule has 1 aliphatic heterocycles. The molecule has 3 amide bonds. The predicted molar refractivity (Wildman–Crippen MR) is 209 cm³/mol. The van der Waals surface area contributed by atoms with Gasteiger partial charge in [0, 0.05) is 52.4 Å². The summed E-state index contributed by atoms with van der Waals surface area (Å²) in [4.78, 5) is 47.9. The number of carbonyl (C=O) groups excluding carboxylic acids is 3. The van der Waals surface area contributed by atoms with Gasteiger partial charge in [0.05, 0.1) is 23.7 Å². The number of ether oxygens (including phenoxy) is 3. The minimum Gasteiger partial charge on any atom is -0.381 e. The van der Waals surface area contributed by atoms with Crippen LogP contribution in [-0.2, 0) is 55.1 Å². The number of hydrogen-bond donors (Lipinski definition) is 3. The largest absolute Gasteiger partial charge is 0.381 e. The standard InChI is InChI=1S/C40H59N5O7.ClH/c1-29(33(41)18-21-37(42)46)52-28-32-15-13-30(14-16-32)11-9-25-50-23-7-5-3-4-6-8-24-51-26-10-12-31-17-19-34-36(27-31)44(2)40(49)45(34)35-20-22-38(47)43-39(35)48;/h13-17,19,27,29,33,35H,3-12,18,20-26,28,41H2,1-2H3,(H2,42,46)(H,43,47,48);1H/t29-,33+,35?;/m1./s1. The third-order valence-electron chi connectivity index (χ3n) is 9.87. The molecule has 13 heteroatoms. The van der Waals surface area contributed by atoms with E-state index in [4.69, 9.17) is 25.7 Å². The molecular formula is C40H60ClN5O7. The Morgan fingerprint density at radius 1 is 0.830 bits per heavy atom. The molecule has 0 aliphatic carbocycles. The molecule has 3 aromatic rings. The average molecular weight is 758 g/mol. The smallest absolute Gasteiger partial charge is 0.329 e. The van der Waals surface area contributed by atoms with Crippen molar-refractivity contribution in [1.82, 2.24) is 14.5 Å². The maximum absolute atomic E-state index is 13.0. The highest BCUT2D eigenvalue weighted by Crippen LogP contribution is 2.24. The van der Waals surface area contributed by atoms with Gasteiger partial charge in [-0.15, -0.1) is 12.4 Å². The first-order chi connectivity index (χ1) is 25.1. The number of benzene rings is 2. The number of fused-ring (bicyclic) bond motifs is 1. The van der Waals surface area contributed by atoms with E-state index in [-0.39, 0.29) is 54.9 Å². The lowest BCUT2D eigenvalue weighted by Crippen LogP contribution is -2.44. The van der Waals surface area contributed by atoms with E-state index >= 15 is 0 Å². The molecule has 2 heterocycles. The van der Waals surface area contributed by atoms with Crippen LogP contribution in [0.25, 0.3) is 11.0 Å². The Kier molecular flexibility index (Phi) is 19.3. The average Bonchev–Trinajstić information content (AvgIpc) is 3.37. The van der Waals surface area contributed by atoms with Crippen LogP contribution in [0.5, 0.6) is 0 Å². The van der Waals surface area contributed by atoms with Crippen LogP contribution >= 0.6 is 12.4 Å². The number of rotatable bonds is 25. The van der Waals surface area contributed by atoms with Crippen molar-refractivity contribution in [3.05, 3.63) is 69.6 Å². The molecule has 4 rings (SSSR count). The van der Waals surface area contributed by atoms with Crippen LogP contribution < -0.4 is 22.5 Å². The zero-order valence-corrected chi connectivity index (χ0v) is 32.3. The van der Waals surface area contributed by atoms with Crippen molar-refractivity contribution in [1.29, 1.82) is 0 Å². The molecule has 0 saturated carbocycles. The van der Waals surface area contributed by atoms with Crippen molar-refractivity contribution in [2.75, 3.05) is 26.4 Å². The summed E-state index contributed by atoms with van der Waals surface area (Å²) in [6.45, 7) is 5.47. The number of primary amides is 1. The number of hydrogen-bond acceptors (Lipinski definition) is 8. The number of aryl methyl sites for hydroxylation is 3. The molecule has 2 aromatic carbocycles. The Morgan fingerprint density at radius 3 is 2.02 bits per heavy atom. The Morgan fingerprint density at radius 2 is 1.40 bits per heavy atom. The molecule has 1 unspecified atom stereocenters. The lowest BCUT2D eigenvalue weighted by atomic mass is 10.1. The van der Waals surface area contributed by atoms with Crippen molar-refractivity contribution in [2.24, 2.45) is 18.5 Å². The number of nitrogens with one attached hydrogen (secondary N) is 1. The predicted octanol–water partition coefficient (Wildman–Crippen LogP) is 5.18. The third-order valence-corrected chi connectivity index (χ3v) is 9.87. The Balaban J connectivity index is 0.00000756. The number of carbonyl (C=O) groups is 3. The molecule has 3 atom stereocenters. The zero-order valence-electron chi connectivity index (χ0n) is 31.5. The first-order valence-electron chi connectivity index (χ1n) is 19.1. The quantitative estimate of drug-likeness (QED) is 0.0785. The Bertz CT molecular complexity index is 1640. The van der Waals surface area contributed by atoms with Gasteiger partial charge in [-0.25, -0.2) is 4.79 Å². The summed E-state index contributed by atoms with van der Waals surface area (Å²) >= 11 is 0. The Labute approximate surface area is 319 Å². The molecule has 1 aromatic heterocycles. The molecule has 0 radical (unpaired) electrons. The van der Waals surface area contributed by atoms with Gasteiger partial charge in [-0.2, -0.15) is 0 Å². The fourth-order valence-corrected chi connectivity index (χ4v) is 6.57. The van der Waals surface area contributed by atoms with Gasteiger partial charge in [0.15, 0.2) is 0 Å². The van der Waals surface area contributed by atoms with Gasteiger partial charge in [0.2, 0.25) is 17.7 Å². The normalized spacial score (nSPS) is 15.6. The van der Waals surface area contributed by atoms with Crippen LogP contribution in [0.1, 0.15) is 107 Å². The summed E-state index contributed by atoms with van der Waals surface area (Å²) in [5, 5.41) is 2.35. The minimum absolute atomic E-state index is 0. The molecule has 5 N–H and O–H groups in total. The monoisotopic (exact) mass is 757 g/mol. The van der Waals surface area contributed by atoms with E-state index in [1.807, 2.05) is 25.1 Å².